The minimum Gasteiger partial charge on any atom is -0.479 e. The Morgan fingerprint density at radius 2 is 2.06 bits per heavy atom. The van der Waals surface area contributed by atoms with Gasteiger partial charge in [-0.1, -0.05) is 12.8 Å². The summed E-state index contributed by atoms with van der Waals surface area (Å²) < 4.78 is 26.8. The molecule has 0 amide bonds. The summed E-state index contributed by atoms with van der Waals surface area (Å²) >= 11 is 0. The third-order valence-electron chi connectivity index (χ3n) is 2.62. The van der Waals surface area contributed by atoms with E-state index in [9.17, 15) is 14.7 Å². The molecule has 5 nitrogen and oxygen atoms in total. The van der Waals surface area contributed by atoms with E-state index in [1.54, 1.807) is 20.8 Å². The Bertz CT molecular complexity index is 398. The zero-order valence-electron chi connectivity index (χ0n) is 13.4. The van der Waals surface area contributed by atoms with Gasteiger partial charge in [-0.25, -0.2) is 9.59 Å². The number of nitrogens with one attached hydrogen (secondary N) is 1. The number of carboxylic acid groups (broad SMARTS) is 1. The van der Waals surface area contributed by atoms with Gasteiger partial charge < -0.3 is 9.84 Å². The van der Waals surface area contributed by atoms with E-state index in [1.807, 2.05) is 5.32 Å². The van der Waals surface area contributed by atoms with Crippen molar-refractivity contribution >= 4 is 11.9 Å². The molecular weight excluding hydrogens is 222 g/mol. The van der Waals surface area contributed by atoms with Crippen molar-refractivity contribution < 1.29 is 23.5 Å². The second-order valence-electron chi connectivity index (χ2n) is 5.48. The smallest absolute Gasteiger partial charge is 0.338 e. The van der Waals surface area contributed by atoms with E-state index >= 15 is 0 Å². The van der Waals surface area contributed by atoms with Gasteiger partial charge in [-0.05, 0) is 40.1 Å². The zero-order chi connectivity index (χ0) is 15.8. The van der Waals surface area contributed by atoms with Crippen LogP contribution in [-0.4, -0.2) is 35.2 Å². The van der Waals surface area contributed by atoms with Gasteiger partial charge in [0, 0.05) is 4.11 Å². The van der Waals surface area contributed by atoms with Gasteiger partial charge in [-0.15, -0.1) is 0 Å². The summed E-state index contributed by atoms with van der Waals surface area (Å²) in [7, 11) is 0. The van der Waals surface area contributed by atoms with Crippen LogP contribution in [0.1, 0.15) is 44.1 Å². The molecule has 0 heterocycles. The Hall–Kier alpha value is -1.10. The minimum absolute atomic E-state index is 0.0356. The number of esters is 1. The highest BCUT2D eigenvalue weighted by molar-refractivity contribution is 6.04. The van der Waals surface area contributed by atoms with E-state index in [2.05, 4.69) is 0 Å². The zero-order valence-corrected chi connectivity index (χ0v) is 10.4. The predicted octanol–water partition coefficient (Wildman–Crippen LogP) is 1.17. The summed E-state index contributed by atoms with van der Waals surface area (Å²) in [6.07, 6.45) is 1.51. The average Bonchev–Trinajstić information content (AvgIpc) is 2.94. The summed E-state index contributed by atoms with van der Waals surface area (Å²) in [5.74, 6) is -2.54. The van der Waals surface area contributed by atoms with Gasteiger partial charge in [-0.2, -0.15) is 0 Å². The van der Waals surface area contributed by atoms with E-state index in [0.29, 0.717) is 0 Å². The quantitative estimate of drug-likeness (QED) is 0.562. The number of hydrogen-bond acceptors (Lipinski definition) is 4. The molecule has 1 fully saturated rings. The molecule has 0 aliphatic heterocycles. The number of aliphatic carboxylic acids is 1. The lowest BCUT2D eigenvalue weighted by atomic mass is 9.92. The Kier molecular flexibility index (Phi) is 2.70. The van der Waals surface area contributed by atoms with Crippen LogP contribution in [-0.2, 0) is 14.3 Å². The molecule has 1 saturated carbocycles. The molecule has 17 heavy (non-hydrogen) atoms. The molecule has 1 atom stereocenters. The fourth-order valence-electron chi connectivity index (χ4n) is 1.53. The fourth-order valence-corrected chi connectivity index (χ4v) is 1.53. The van der Waals surface area contributed by atoms with Gasteiger partial charge in [0.2, 0.25) is 5.54 Å². The summed E-state index contributed by atoms with van der Waals surface area (Å²) in [4.78, 5) is 23.8. The van der Waals surface area contributed by atoms with Crippen LogP contribution in [0.25, 0.3) is 0 Å². The lowest BCUT2D eigenvalue weighted by molar-refractivity contribution is -0.171. The Labute approximate surface area is 106 Å². The highest BCUT2D eigenvalue weighted by Crippen LogP contribution is 2.37. The minimum atomic E-state index is -2.75. The number of carbonyl (C=O) groups excluding carboxylic acids is 1. The van der Waals surface area contributed by atoms with Gasteiger partial charge >= 0.3 is 11.9 Å². The van der Waals surface area contributed by atoms with Crippen molar-refractivity contribution in [3.63, 3.8) is 0 Å². The number of carboxylic acids is 1. The summed E-state index contributed by atoms with van der Waals surface area (Å²) in [6.45, 7) is 2.06. The Morgan fingerprint density at radius 1 is 1.47 bits per heavy atom. The SMILES string of the molecule is [2H]C([2H])([2H])N[C@@](CC1CC1)(C(=O)O)C(=O)OC(C)(C)C. The molecule has 1 aliphatic carbocycles. The van der Waals surface area contributed by atoms with E-state index < -0.39 is 30.1 Å². The van der Waals surface area contributed by atoms with E-state index in [1.165, 1.54) is 0 Å². The third-order valence-corrected chi connectivity index (χ3v) is 2.62. The predicted molar refractivity (Wildman–Crippen MR) is 62.6 cm³/mol. The topological polar surface area (TPSA) is 75.6 Å². The van der Waals surface area contributed by atoms with Crippen LogP contribution in [0.4, 0.5) is 0 Å². The highest BCUT2D eigenvalue weighted by Gasteiger charge is 2.50. The maximum absolute atomic E-state index is 12.2. The van der Waals surface area contributed by atoms with Crippen molar-refractivity contribution in [1.82, 2.24) is 5.32 Å². The number of rotatable bonds is 5. The first-order valence-corrected chi connectivity index (χ1v) is 5.62. The van der Waals surface area contributed by atoms with Gasteiger partial charge in [0.05, 0.1) is 0 Å². The molecule has 5 heteroatoms. The second kappa shape index (κ2) is 4.64. The van der Waals surface area contributed by atoms with Crippen molar-refractivity contribution in [1.29, 1.82) is 0 Å². The van der Waals surface area contributed by atoms with Gasteiger partial charge in [0.25, 0.3) is 0 Å². The summed E-state index contributed by atoms with van der Waals surface area (Å²) in [6, 6.07) is 0. The first kappa shape index (κ1) is 9.88. The standard InChI is InChI=1S/C12H21NO4/c1-11(2,3)17-10(16)12(13-4,9(14)15)7-8-5-6-8/h8,13H,5-7H2,1-4H3,(H,14,15)/t12-/m0/s1/i4D3. The van der Waals surface area contributed by atoms with Crippen molar-refractivity contribution in [2.24, 2.45) is 5.92 Å². The Morgan fingerprint density at radius 3 is 2.41 bits per heavy atom. The average molecular weight is 246 g/mol. The van der Waals surface area contributed by atoms with Crippen LogP contribution >= 0.6 is 0 Å². The molecular formula is C12H21NO4. The van der Waals surface area contributed by atoms with Crippen molar-refractivity contribution in [2.45, 2.75) is 51.2 Å². The van der Waals surface area contributed by atoms with E-state index in [4.69, 9.17) is 8.85 Å². The van der Waals surface area contributed by atoms with Crippen LogP contribution in [0.3, 0.4) is 0 Å². The van der Waals surface area contributed by atoms with Crippen molar-refractivity contribution in [3.8, 4) is 0 Å². The number of hydrogen-bond donors (Lipinski definition) is 2. The van der Waals surface area contributed by atoms with Crippen molar-refractivity contribution in [3.05, 3.63) is 0 Å². The molecule has 2 N–H and O–H groups in total. The molecule has 1 aliphatic rings. The lowest BCUT2D eigenvalue weighted by Gasteiger charge is -2.30. The normalized spacial score (nSPS) is 22.9. The fraction of sp³-hybridized carbons (Fsp3) is 0.833. The van der Waals surface area contributed by atoms with Crippen LogP contribution < -0.4 is 5.32 Å². The third kappa shape index (κ3) is 3.43. The maximum atomic E-state index is 12.2. The number of carbonyl (C=O) groups is 2. The molecule has 0 aromatic rings. The van der Waals surface area contributed by atoms with Gasteiger partial charge in [0.1, 0.15) is 5.60 Å². The highest BCUT2D eigenvalue weighted by atomic mass is 16.6. The largest absolute Gasteiger partial charge is 0.479 e. The number of ether oxygens (including phenoxy) is 1. The molecule has 98 valence electrons. The Balaban J connectivity index is 3.07. The monoisotopic (exact) mass is 246 g/mol. The molecule has 0 saturated heterocycles. The van der Waals surface area contributed by atoms with Crippen LogP contribution in [0.5, 0.6) is 0 Å². The van der Waals surface area contributed by atoms with Crippen molar-refractivity contribution in [2.75, 3.05) is 6.98 Å². The molecule has 0 bridgehead atoms. The first-order chi connectivity index (χ1) is 8.86. The van der Waals surface area contributed by atoms with Crippen LogP contribution in [0.15, 0.2) is 0 Å². The van der Waals surface area contributed by atoms with E-state index in [-0.39, 0.29) is 12.3 Å². The van der Waals surface area contributed by atoms with Crippen LogP contribution in [0, 0.1) is 5.92 Å². The summed E-state index contributed by atoms with van der Waals surface area (Å²) in [5.41, 5.74) is -3.11. The van der Waals surface area contributed by atoms with Crippen LogP contribution in [0.2, 0.25) is 0 Å². The lowest BCUT2D eigenvalue weighted by Crippen LogP contribution is -2.59. The summed E-state index contributed by atoms with van der Waals surface area (Å²) in [5, 5.41) is 11.4. The molecule has 0 aromatic carbocycles. The second-order valence-corrected chi connectivity index (χ2v) is 5.48. The molecule has 0 aromatic heterocycles. The molecule has 0 spiro atoms. The molecule has 0 unspecified atom stereocenters. The molecule has 1 rings (SSSR count). The number of likely N-dealkylation sites (N-methyl/N-ethyl adjacent to an activating group) is 1. The molecule has 0 radical (unpaired) electrons. The first-order valence-electron chi connectivity index (χ1n) is 7.12. The van der Waals surface area contributed by atoms with Gasteiger partial charge in [0.15, 0.2) is 0 Å². The maximum Gasteiger partial charge on any atom is 0.338 e. The van der Waals surface area contributed by atoms with E-state index in [0.717, 1.165) is 12.8 Å². The van der Waals surface area contributed by atoms with Gasteiger partial charge in [-0.3, -0.25) is 5.32 Å².